The molecule has 0 saturated carbocycles. The van der Waals surface area contributed by atoms with Crippen molar-refractivity contribution < 1.29 is 30.5 Å². The molecule has 0 aliphatic rings. The molecule has 12 nitrogen and oxygen atoms in total. The van der Waals surface area contributed by atoms with Gasteiger partial charge in [0, 0.05) is 11.4 Å². The molecule has 39 heavy (non-hydrogen) atoms. The molecule has 2 unspecified atom stereocenters. The Kier molecular flexibility index (Phi) is 14.1. The summed E-state index contributed by atoms with van der Waals surface area (Å²) in [6.07, 6.45) is 1.45. The van der Waals surface area contributed by atoms with Crippen molar-refractivity contribution in [3.8, 4) is 0 Å². The number of nitrogens with two attached hydrogens (primary N) is 4. The SMILES string of the molecule is NC(CS(N)(=O)=O)c1ccccc1.NS(=O)(=O)/C=C/c1ccccc1.NS(=O)(=O)CC(NO)c1ccccc1. The summed E-state index contributed by atoms with van der Waals surface area (Å²) in [5, 5.41) is 24.3. The van der Waals surface area contributed by atoms with Crippen LogP contribution in [0, 0.1) is 0 Å². The Morgan fingerprint density at radius 2 is 1.08 bits per heavy atom. The van der Waals surface area contributed by atoms with Crippen molar-refractivity contribution in [2.24, 2.45) is 21.2 Å². The van der Waals surface area contributed by atoms with E-state index in [0.717, 1.165) is 16.5 Å². The fourth-order valence-corrected chi connectivity index (χ4v) is 4.68. The van der Waals surface area contributed by atoms with Gasteiger partial charge in [0.25, 0.3) is 0 Å². The van der Waals surface area contributed by atoms with E-state index in [-0.39, 0.29) is 11.5 Å². The molecule has 0 bridgehead atoms. The molecule has 214 valence electrons. The third kappa shape index (κ3) is 17.3. The number of rotatable bonds is 9. The number of hydroxylamine groups is 1. The van der Waals surface area contributed by atoms with Gasteiger partial charge in [0.1, 0.15) is 0 Å². The molecule has 15 heteroatoms. The molecule has 3 rings (SSSR count). The molecule has 3 aromatic carbocycles. The Morgan fingerprint density at radius 1 is 0.667 bits per heavy atom. The first kappa shape index (κ1) is 34.0. The second-order valence-electron chi connectivity index (χ2n) is 8.07. The summed E-state index contributed by atoms with van der Waals surface area (Å²) in [5.41, 5.74) is 9.79. The zero-order valence-corrected chi connectivity index (χ0v) is 23.3. The van der Waals surface area contributed by atoms with Crippen LogP contribution in [0.25, 0.3) is 6.08 Å². The highest BCUT2D eigenvalue weighted by atomic mass is 32.2. The van der Waals surface area contributed by atoms with Gasteiger partial charge in [0.05, 0.1) is 17.5 Å². The van der Waals surface area contributed by atoms with Crippen LogP contribution in [0.15, 0.2) is 96.4 Å². The minimum atomic E-state index is -3.61. The number of hydrogen-bond donors (Lipinski definition) is 6. The van der Waals surface area contributed by atoms with Crippen LogP contribution in [0.3, 0.4) is 0 Å². The van der Waals surface area contributed by atoms with Gasteiger partial charge in [0.15, 0.2) is 0 Å². The van der Waals surface area contributed by atoms with Gasteiger partial charge in [0.2, 0.25) is 30.1 Å². The van der Waals surface area contributed by atoms with Crippen LogP contribution in [0.5, 0.6) is 0 Å². The minimum Gasteiger partial charge on any atom is -0.323 e. The lowest BCUT2D eigenvalue weighted by atomic mass is 10.1. The number of hydrogen-bond acceptors (Lipinski definition) is 9. The first-order valence-electron chi connectivity index (χ1n) is 11.1. The zero-order valence-electron chi connectivity index (χ0n) is 20.8. The van der Waals surface area contributed by atoms with Crippen molar-refractivity contribution in [1.29, 1.82) is 0 Å². The highest BCUT2D eigenvalue weighted by Crippen LogP contribution is 2.13. The summed E-state index contributed by atoms with van der Waals surface area (Å²) in [4.78, 5) is 0. The molecule has 0 aliphatic carbocycles. The lowest BCUT2D eigenvalue weighted by Crippen LogP contribution is -2.29. The van der Waals surface area contributed by atoms with Crippen LogP contribution >= 0.6 is 0 Å². The molecular formula is C24H33N5O7S3. The van der Waals surface area contributed by atoms with Crippen LogP contribution < -0.4 is 26.6 Å². The van der Waals surface area contributed by atoms with Crippen LogP contribution in [-0.2, 0) is 30.1 Å². The molecule has 0 amide bonds. The maximum absolute atomic E-state index is 10.8. The monoisotopic (exact) mass is 599 g/mol. The molecule has 0 aromatic heterocycles. The van der Waals surface area contributed by atoms with E-state index in [1.165, 1.54) is 6.08 Å². The molecule has 0 spiro atoms. The summed E-state index contributed by atoms with van der Waals surface area (Å²) in [5.74, 6) is -0.565. The third-order valence-corrected chi connectivity index (χ3v) is 6.78. The van der Waals surface area contributed by atoms with Crippen molar-refractivity contribution in [3.05, 3.63) is 113 Å². The standard InChI is InChI=1S/C8H12N2O3S.C8H12N2O2S.C8H9NO2S/c9-14(12,13)6-8(10-11)7-4-2-1-3-5-7;9-8(6-13(10,11)12)7-4-2-1-3-5-7;9-12(10,11)7-6-8-4-2-1-3-5-8/h1-5,8,10-11H,6H2,(H2,9,12,13);1-5,8H,6,9H2,(H2,10,11,12);1-7H,(H2,9,10,11)/b;;7-6+. The minimum absolute atomic E-state index is 0.225. The van der Waals surface area contributed by atoms with Crippen molar-refractivity contribution >= 4 is 36.1 Å². The van der Waals surface area contributed by atoms with E-state index >= 15 is 0 Å². The summed E-state index contributed by atoms with van der Waals surface area (Å²) >= 11 is 0. The topological polar surface area (TPSA) is 239 Å². The molecule has 0 radical (unpaired) electrons. The first-order chi connectivity index (χ1) is 18.1. The van der Waals surface area contributed by atoms with Crippen LogP contribution in [0.2, 0.25) is 0 Å². The average molecular weight is 600 g/mol. The van der Waals surface area contributed by atoms with Crippen LogP contribution in [0.1, 0.15) is 28.8 Å². The van der Waals surface area contributed by atoms with E-state index in [1.54, 1.807) is 66.7 Å². The summed E-state index contributed by atoms with van der Waals surface area (Å²) < 4.78 is 64.0. The first-order valence-corrected chi connectivity index (χ1v) is 16.2. The normalized spacial score (nSPS) is 13.4. The molecule has 0 aliphatic heterocycles. The van der Waals surface area contributed by atoms with E-state index in [2.05, 4.69) is 0 Å². The molecule has 2 atom stereocenters. The van der Waals surface area contributed by atoms with Gasteiger partial charge in [-0.1, -0.05) is 91.0 Å². The third-order valence-electron chi connectivity index (χ3n) is 4.65. The van der Waals surface area contributed by atoms with Gasteiger partial charge in [-0.3, -0.25) is 0 Å². The number of nitrogens with one attached hydrogen (secondary N) is 1. The lowest BCUT2D eigenvalue weighted by Gasteiger charge is -2.13. The van der Waals surface area contributed by atoms with Gasteiger partial charge in [-0.2, -0.15) is 5.48 Å². The fourth-order valence-electron chi connectivity index (χ4n) is 2.91. The molecule has 3 aromatic rings. The van der Waals surface area contributed by atoms with Gasteiger partial charge in [-0.25, -0.2) is 40.7 Å². The lowest BCUT2D eigenvalue weighted by molar-refractivity contribution is 0.134. The molecule has 10 N–H and O–H groups in total. The van der Waals surface area contributed by atoms with E-state index in [0.29, 0.717) is 5.56 Å². The number of primary sulfonamides is 3. The van der Waals surface area contributed by atoms with Crippen molar-refractivity contribution in [2.45, 2.75) is 12.1 Å². The van der Waals surface area contributed by atoms with E-state index in [9.17, 15) is 25.3 Å². The molecule has 0 heterocycles. The predicted molar refractivity (Wildman–Crippen MR) is 152 cm³/mol. The quantitative estimate of drug-likeness (QED) is 0.191. The highest BCUT2D eigenvalue weighted by molar-refractivity contribution is 7.92. The second-order valence-corrected chi connectivity index (χ2v) is 12.8. The molecular weight excluding hydrogens is 566 g/mol. The second kappa shape index (κ2) is 16.2. The average Bonchev–Trinajstić information content (AvgIpc) is 2.87. The summed E-state index contributed by atoms with van der Waals surface area (Å²) in [7, 11) is -10.6. The zero-order chi connectivity index (χ0) is 29.5. The van der Waals surface area contributed by atoms with E-state index in [4.69, 9.17) is 26.4 Å². The predicted octanol–water partition coefficient (Wildman–Crippen LogP) is 0.916. The van der Waals surface area contributed by atoms with Crippen molar-refractivity contribution in [2.75, 3.05) is 11.5 Å². The summed E-state index contributed by atoms with van der Waals surface area (Å²) in [6, 6.07) is 25.6. The van der Waals surface area contributed by atoms with Crippen LogP contribution in [0.4, 0.5) is 0 Å². The Bertz CT molecular complexity index is 1470. The smallest absolute Gasteiger partial charge is 0.231 e. The highest BCUT2D eigenvalue weighted by Gasteiger charge is 2.16. The van der Waals surface area contributed by atoms with Gasteiger partial charge < -0.3 is 10.9 Å². The largest absolute Gasteiger partial charge is 0.323 e. The Morgan fingerprint density at radius 3 is 1.46 bits per heavy atom. The number of sulfonamides is 3. The van der Waals surface area contributed by atoms with Crippen molar-refractivity contribution in [3.63, 3.8) is 0 Å². The molecule has 0 saturated heterocycles. The molecule has 0 fully saturated rings. The van der Waals surface area contributed by atoms with Gasteiger partial charge in [-0.05, 0) is 22.8 Å². The Hall–Kier alpha value is -2.99. The van der Waals surface area contributed by atoms with E-state index < -0.39 is 42.2 Å². The van der Waals surface area contributed by atoms with Crippen molar-refractivity contribution in [1.82, 2.24) is 5.48 Å². The number of benzene rings is 3. The Labute approximate surface area is 229 Å². The maximum atomic E-state index is 10.8. The van der Waals surface area contributed by atoms with Crippen LogP contribution in [-0.4, -0.2) is 42.0 Å². The summed E-state index contributed by atoms with van der Waals surface area (Å²) in [6.45, 7) is 0. The van der Waals surface area contributed by atoms with E-state index in [1.807, 2.05) is 29.7 Å². The fraction of sp³-hybridized carbons (Fsp3) is 0.167. The maximum Gasteiger partial charge on any atom is 0.231 e. The van der Waals surface area contributed by atoms with Gasteiger partial charge in [-0.15, -0.1) is 0 Å². The Balaban J connectivity index is 0.000000293. The van der Waals surface area contributed by atoms with Gasteiger partial charge >= 0.3 is 0 Å².